The maximum atomic E-state index is 12.2. The summed E-state index contributed by atoms with van der Waals surface area (Å²) in [6, 6.07) is 4.31. The predicted molar refractivity (Wildman–Crippen MR) is 83.6 cm³/mol. The molecule has 0 saturated heterocycles. The van der Waals surface area contributed by atoms with E-state index in [0.29, 0.717) is 23.7 Å². The number of benzene rings is 1. The smallest absolute Gasteiger partial charge is 0.292 e. The third-order valence-corrected chi connectivity index (χ3v) is 3.99. The van der Waals surface area contributed by atoms with Gasteiger partial charge in [0.2, 0.25) is 0 Å². The highest BCUT2D eigenvalue weighted by Gasteiger charge is 2.23. The van der Waals surface area contributed by atoms with Crippen LogP contribution in [0.3, 0.4) is 0 Å². The Morgan fingerprint density at radius 2 is 2.00 bits per heavy atom. The SMILES string of the molecule is CNc1cc(C(=O)NCC(C)(C)C(C)C)ccc1[N+](=O)[O-]. The van der Waals surface area contributed by atoms with Gasteiger partial charge in [0.25, 0.3) is 11.6 Å². The molecule has 2 N–H and O–H groups in total. The molecule has 0 radical (unpaired) electrons. The number of hydrogen-bond donors (Lipinski definition) is 2. The highest BCUT2D eigenvalue weighted by molar-refractivity contribution is 5.95. The second-order valence-corrected chi connectivity index (χ2v) is 6.06. The molecule has 0 aliphatic heterocycles. The van der Waals surface area contributed by atoms with E-state index in [4.69, 9.17) is 0 Å². The van der Waals surface area contributed by atoms with Crippen molar-refractivity contribution in [2.75, 3.05) is 18.9 Å². The lowest BCUT2D eigenvalue weighted by molar-refractivity contribution is -0.383. The van der Waals surface area contributed by atoms with Crippen LogP contribution in [0.5, 0.6) is 0 Å². The number of carbonyl (C=O) groups excluding carboxylic acids is 1. The van der Waals surface area contributed by atoms with Crippen molar-refractivity contribution in [1.29, 1.82) is 0 Å². The van der Waals surface area contributed by atoms with Gasteiger partial charge in [0, 0.05) is 25.2 Å². The predicted octanol–water partition coefficient (Wildman–Crippen LogP) is 3.05. The van der Waals surface area contributed by atoms with Crippen LogP contribution in [-0.2, 0) is 0 Å². The summed E-state index contributed by atoms with van der Waals surface area (Å²) in [7, 11) is 1.59. The van der Waals surface area contributed by atoms with Crippen LogP contribution in [0.15, 0.2) is 18.2 Å². The van der Waals surface area contributed by atoms with Crippen LogP contribution in [-0.4, -0.2) is 24.4 Å². The van der Waals surface area contributed by atoms with Crippen LogP contribution in [0.2, 0.25) is 0 Å². The van der Waals surface area contributed by atoms with Crippen molar-refractivity contribution >= 4 is 17.3 Å². The van der Waals surface area contributed by atoms with Crippen molar-refractivity contribution in [3.63, 3.8) is 0 Å². The highest BCUT2D eigenvalue weighted by Crippen LogP contribution is 2.26. The highest BCUT2D eigenvalue weighted by atomic mass is 16.6. The first-order chi connectivity index (χ1) is 9.69. The Morgan fingerprint density at radius 1 is 1.38 bits per heavy atom. The third-order valence-electron chi connectivity index (χ3n) is 3.99. The summed E-state index contributed by atoms with van der Waals surface area (Å²) < 4.78 is 0. The monoisotopic (exact) mass is 293 g/mol. The van der Waals surface area contributed by atoms with E-state index in [1.807, 2.05) is 0 Å². The summed E-state index contributed by atoms with van der Waals surface area (Å²) in [6.45, 7) is 8.95. The van der Waals surface area contributed by atoms with Gasteiger partial charge in [-0.2, -0.15) is 0 Å². The standard InChI is InChI=1S/C15H23N3O3/c1-10(2)15(3,4)9-17-14(19)11-6-7-13(18(20)21)12(8-11)16-5/h6-8,10,16H,9H2,1-5H3,(H,17,19). The molecule has 0 fully saturated rings. The molecule has 0 unspecified atom stereocenters. The van der Waals surface area contributed by atoms with Crippen LogP contribution in [0.1, 0.15) is 38.1 Å². The van der Waals surface area contributed by atoms with Crippen molar-refractivity contribution in [2.24, 2.45) is 11.3 Å². The number of hydrogen-bond acceptors (Lipinski definition) is 4. The van der Waals surface area contributed by atoms with E-state index in [-0.39, 0.29) is 17.0 Å². The van der Waals surface area contributed by atoms with Gasteiger partial charge in [0.15, 0.2) is 0 Å². The number of anilines is 1. The summed E-state index contributed by atoms with van der Waals surface area (Å²) in [5.74, 6) is 0.206. The Morgan fingerprint density at radius 3 is 2.48 bits per heavy atom. The van der Waals surface area contributed by atoms with E-state index in [1.165, 1.54) is 18.2 Å². The molecule has 116 valence electrons. The number of amides is 1. The minimum Gasteiger partial charge on any atom is -0.383 e. The Kier molecular flexibility index (Phi) is 5.29. The van der Waals surface area contributed by atoms with Crippen LogP contribution in [0, 0.1) is 21.4 Å². The second kappa shape index (κ2) is 6.56. The van der Waals surface area contributed by atoms with Crippen LogP contribution < -0.4 is 10.6 Å². The lowest BCUT2D eigenvalue weighted by Crippen LogP contribution is -2.37. The Balaban J connectivity index is 2.87. The van der Waals surface area contributed by atoms with E-state index in [9.17, 15) is 14.9 Å². The van der Waals surface area contributed by atoms with Gasteiger partial charge < -0.3 is 10.6 Å². The maximum absolute atomic E-state index is 12.2. The molecule has 1 aromatic carbocycles. The quantitative estimate of drug-likeness (QED) is 0.623. The fraction of sp³-hybridized carbons (Fsp3) is 0.533. The zero-order chi connectivity index (χ0) is 16.2. The average Bonchev–Trinajstić information content (AvgIpc) is 2.43. The molecule has 0 atom stereocenters. The molecule has 0 spiro atoms. The fourth-order valence-electron chi connectivity index (χ4n) is 1.65. The summed E-state index contributed by atoms with van der Waals surface area (Å²) in [5, 5.41) is 16.5. The summed E-state index contributed by atoms with van der Waals surface area (Å²) in [5.41, 5.74) is 0.680. The van der Waals surface area contributed by atoms with E-state index < -0.39 is 4.92 Å². The minimum atomic E-state index is -0.477. The molecule has 0 aromatic heterocycles. The van der Waals surface area contributed by atoms with Crippen LogP contribution >= 0.6 is 0 Å². The van der Waals surface area contributed by atoms with Gasteiger partial charge in [0.1, 0.15) is 5.69 Å². The van der Waals surface area contributed by atoms with Crippen LogP contribution in [0.4, 0.5) is 11.4 Å². The maximum Gasteiger partial charge on any atom is 0.292 e. The van der Waals surface area contributed by atoms with Gasteiger partial charge in [0.05, 0.1) is 4.92 Å². The zero-order valence-corrected chi connectivity index (χ0v) is 13.2. The molecule has 0 saturated carbocycles. The molecule has 6 nitrogen and oxygen atoms in total. The third kappa shape index (κ3) is 4.18. The van der Waals surface area contributed by atoms with E-state index in [0.717, 1.165) is 0 Å². The molecule has 1 amide bonds. The molecule has 0 aliphatic rings. The number of nitro benzene ring substituents is 1. The molecule has 0 aliphatic carbocycles. The lowest BCUT2D eigenvalue weighted by Gasteiger charge is -2.29. The van der Waals surface area contributed by atoms with E-state index in [2.05, 4.69) is 38.3 Å². The van der Waals surface area contributed by atoms with Gasteiger partial charge in [-0.3, -0.25) is 14.9 Å². The summed E-state index contributed by atoms with van der Waals surface area (Å²) in [6.07, 6.45) is 0. The lowest BCUT2D eigenvalue weighted by atomic mass is 9.81. The van der Waals surface area contributed by atoms with Gasteiger partial charge in [-0.1, -0.05) is 27.7 Å². The molecule has 21 heavy (non-hydrogen) atoms. The number of nitrogens with one attached hydrogen (secondary N) is 2. The van der Waals surface area contributed by atoms with Crippen molar-refractivity contribution in [3.8, 4) is 0 Å². The van der Waals surface area contributed by atoms with Crippen molar-refractivity contribution in [3.05, 3.63) is 33.9 Å². The molecule has 1 rings (SSSR count). The van der Waals surface area contributed by atoms with Gasteiger partial charge in [-0.15, -0.1) is 0 Å². The Bertz CT molecular complexity index is 539. The molecule has 0 bridgehead atoms. The summed E-state index contributed by atoms with van der Waals surface area (Å²) in [4.78, 5) is 22.5. The molecule has 1 aromatic rings. The second-order valence-electron chi connectivity index (χ2n) is 6.06. The normalized spacial score (nSPS) is 11.3. The minimum absolute atomic E-state index is 0.0116. The Labute approximate surface area is 125 Å². The van der Waals surface area contributed by atoms with Gasteiger partial charge in [-0.05, 0) is 23.5 Å². The van der Waals surface area contributed by atoms with E-state index >= 15 is 0 Å². The largest absolute Gasteiger partial charge is 0.383 e. The first-order valence-electron chi connectivity index (χ1n) is 6.93. The first kappa shape index (κ1) is 16.9. The molecular formula is C15H23N3O3. The van der Waals surface area contributed by atoms with Crippen molar-refractivity contribution < 1.29 is 9.72 Å². The number of nitrogens with zero attached hydrogens (tertiary/aromatic N) is 1. The molecule has 6 heteroatoms. The van der Waals surface area contributed by atoms with Crippen molar-refractivity contribution in [2.45, 2.75) is 27.7 Å². The summed E-state index contributed by atoms with van der Waals surface area (Å²) >= 11 is 0. The van der Waals surface area contributed by atoms with Crippen LogP contribution in [0.25, 0.3) is 0 Å². The molecule has 0 heterocycles. The fourth-order valence-corrected chi connectivity index (χ4v) is 1.65. The number of nitro groups is 1. The first-order valence-corrected chi connectivity index (χ1v) is 6.93. The van der Waals surface area contributed by atoms with E-state index in [1.54, 1.807) is 7.05 Å². The van der Waals surface area contributed by atoms with Gasteiger partial charge in [-0.25, -0.2) is 0 Å². The average molecular weight is 293 g/mol. The molecular weight excluding hydrogens is 270 g/mol. The topological polar surface area (TPSA) is 84.3 Å². The number of rotatable bonds is 6. The zero-order valence-electron chi connectivity index (χ0n) is 13.2. The Hall–Kier alpha value is -2.11. The van der Waals surface area contributed by atoms with Gasteiger partial charge >= 0.3 is 0 Å². The van der Waals surface area contributed by atoms with Crippen molar-refractivity contribution in [1.82, 2.24) is 5.32 Å². The number of carbonyl (C=O) groups is 1.